The lowest BCUT2D eigenvalue weighted by molar-refractivity contribution is 0.573. The molecule has 8 heteroatoms. The molecular formula is C18H15N3O2S3. The van der Waals surface area contributed by atoms with Crippen molar-refractivity contribution in [3.8, 4) is 5.69 Å². The van der Waals surface area contributed by atoms with Crippen LogP contribution in [0.3, 0.4) is 0 Å². The molecule has 0 fully saturated rings. The van der Waals surface area contributed by atoms with Gasteiger partial charge in [-0.2, -0.15) is 21.2 Å². The van der Waals surface area contributed by atoms with E-state index in [1.54, 1.807) is 46.5 Å². The van der Waals surface area contributed by atoms with Gasteiger partial charge in [0, 0.05) is 17.3 Å². The Morgan fingerprint density at radius 1 is 1.04 bits per heavy atom. The number of nitrogens with zero attached hydrogens (tertiary/aromatic N) is 2. The fourth-order valence-corrected chi connectivity index (χ4v) is 5.37. The van der Waals surface area contributed by atoms with E-state index in [9.17, 15) is 8.42 Å². The molecule has 0 aliphatic heterocycles. The Balaban J connectivity index is 1.63. The van der Waals surface area contributed by atoms with E-state index in [0.717, 1.165) is 16.1 Å². The summed E-state index contributed by atoms with van der Waals surface area (Å²) in [5.41, 5.74) is 1.75. The number of rotatable bonds is 6. The SMILES string of the molecule is O=S(=O)(NC(c1ccsc1)c1cccs1)c1ccc(-n2cccn2)cc1. The van der Waals surface area contributed by atoms with Gasteiger partial charge in [-0.25, -0.2) is 13.1 Å². The molecule has 132 valence electrons. The first-order valence-electron chi connectivity index (χ1n) is 7.81. The molecule has 5 nitrogen and oxygen atoms in total. The maximum absolute atomic E-state index is 12.9. The third-order valence-corrected chi connectivity index (χ3v) is 6.97. The molecule has 0 amide bonds. The third kappa shape index (κ3) is 3.49. The second-order valence-corrected chi connectivity index (χ2v) is 9.04. The lowest BCUT2D eigenvalue weighted by atomic mass is 10.1. The van der Waals surface area contributed by atoms with Crippen molar-refractivity contribution in [1.82, 2.24) is 14.5 Å². The van der Waals surface area contributed by atoms with Gasteiger partial charge in [-0.15, -0.1) is 11.3 Å². The van der Waals surface area contributed by atoms with Gasteiger partial charge in [0.25, 0.3) is 0 Å². The van der Waals surface area contributed by atoms with Crippen LogP contribution in [0.5, 0.6) is 0 Å². The van der Waals surface area contributed by atoms with Gasteiger partial charge < -0.3 is 0 Å². The summed E-state index contributed by atoms with van der Waals surface area (Å²) in [6, 6.07) is 13.9. The summed E-state index contributed by atoms with van der Waals surface area (Å²) in [7, 11) is -3.67. The highest BCUT2D eigenvalue weighted by Gasteiger charge is 2.24. The van der Waals surface area contributed by atoms with Crippen LogP contribution >= 0.6 is 22.7 Å². The van der Waals surface area contributed by atoms with Crippen LogP contribution < -0.4 is 4.72 Å². The molecule has 1 N–H and O–H groups in total. The number of sulfonamides is 1. The zero-order chi connectivity index (χ0) is 18.0. The van der Waals surface area contributed by atoms with Crippen molar-refractivity contribution in [2.75, 3.05) is 0 Å². The predicted octanol–water partition coefficient (Wildman–Crippen LogP) is 4.06. The smallest absolute Gasteiger partial charge is 0.241 e. The minimum absolute atomic E-state index is 0.227. The molecule has 0 saturated heterocycles. The standard InChI is InChI=1S/C18H15N3O2S3/c22-26(23,16-6-4-15(5-7-16)21-10-2-9-19-21)20-18(14-8-12-24-13-14)17-3-1-11-25-17/h1-13,18,20H. The van der Waals surface area contributed by atoms with Crippen molar-refractivity contribution in [3.63, 3.8) is 0 Å². The molecule has 4 aromatic rings. The van der Waals surface area contributed by atoms with E-state index in [2.05, 4.69) is 9.82 Å². The van der Waals surface area contributed by atoms with Crippen LogP contribution in [0.25, 0.3) is 5.69 Å². The van der Waals surface area contributed by atoms with Crippen LogP contribution in [-0.4, -0.2) is 18.2 Å². The van der Waals surface area contributed by atoms with E-state index in [4.69, 9.17) is 0 Å². The van der Waals surface area contributed by atoms with E-state index in [1.165, 1.54) is 11.3 Å². The molecule has 4 rings (SSSR count). The number of aromatic nitrogens is 2. The van der Waals surface area contributed by atoms with Crippen LogP contribution in [-0.2, 0) is 10.0 Å². The maximum atomic E-state index is 12.9. The molecule has 1 aromatic carbocycles. The maximum Gasteiger partial charge on any atom is 0.241 e. The second-order valence-electron chi connectivity index (χ2n) is 5.57. The summed E-state index contributed by atoms with van der Waals surface area (Å²) in [6.07, 6.45) is 3.49. The highest BCUT2D eigenvalue weighted by atomic mass is 32.2. The molecule has 0 aliphatic rings. The van der Waals surface area contributed by atoms with Crippen LogP contribution in [0.2, 0.25) is 0 Å². The molecule has 0 aliphatic carbocycles. The number of hydrogen-bond donors (Lipinski definition) is 1. The number of nitrogens with one attached hydrogen (secondary N) is 1. The summed E-state index contributed by atoms with van der Waals surface area (Å²) in [5, 5.41) is 10.0. The Morgan fingerprint density at radius 2 is 1.88 bits per heavy atom. The molecule has 0 bridgehead atoms. The van der Waals surface area contributed by atoms with Crippen molar-refractivity contribution >= 4 is 32.7 Å². The predicted molar refractivity (Wildman–Crippen MR) is 104 cm³/mol. The van der Waals surface area contributed by atoms with Crippen molar-refractivity contribution in [2.24, 2.45) is 0 Å². The molecule has 1 atom stereocenters. The minimum atomic E-state index is -3.67. The summed E-state index contributed by atoms with van der Waals surface area (Å²) >= 11 is 3.08. The monoisotopic (exact) mass is 401 g/mol. The van der Waals surface area contributed by atoms with Gasteiger partial charge in [-0.1, -0.05) is 6.07 Å². The lowest BCUT2D eigenvalue weighted by Gasteiger charge is -2.17. The molecular weight excluding hydrogens is 386 g/mol. The van der Waals surface area contributed by atoms with Gasteiger partial charge in [0.1, 0.15) is 0 Å². The fourth-order valence-electron chi connectivity index (χ4n) is 2.61. The van der Waals surface area contributed by atoms with Crippen molar-refractivity contribution in [1.29, 1.82) is 0 Å². The number of thiophene rings is 2. The Labute approximate surface area is 159 Å². The molecule has 0 saturated carbocycles. The van der Waals surface area contributed by atoms with Crippen LogP contribution in [0.15, 0.2) is 82.0 Å². The topological polar surface area (TPSA) is 64.0 Å². The fraction of sp³-hybridized carbons (Fsp3) is 0.0556. The highest BCUT2D eigenvalue weighted by molar-refractivity contribution is 7.89. The quantitative estimate of drug-likeness (QED) is 0.530. The van der Waals surface area contributed by atoms with Crippen molar-refractivity contribution in [3.05, 3.63) is 87.5 Å². The second kappa shape index (κ2) is 7.16. The van der Waals surface area contributed by atoms with Crippen molar-refractivity contribution in [2.45, 2.75) is 10.9 Å². The number of hydrogen-bond acceptors (Lipinski definition) is 5. The first-order chi connectivity index (χ1) is 12.6. The molecule has 0 radical (unpaired) electrons. The lowest BCUT2D eigenvalue weighted by Crippen LogP contribution is -2.28. The molecule has 3 aromatic heterocycles. The molecule has 26 heavy (non-hydrogen) atoms. The van der Waals surface area contributed by atoms with E-state index in [1.807, 2.05) is 46.6 Å². The third-order valence-electron chi connectivity index (χ3n) is 3.89. The van der Waals surface area contributed by atoms with Gasteiger partial charge in [0.15, 0.2) is 0 Å². The van der Waals surface area contributed by atoms with E-state index in [-0.39, 0.29) is 4.90 Å². The molecule has 0 spiro atoms. The summed E-state index contributed by atoms with van der Waals surface area (Å²) < 4.78 is 30.3. The van der Waals surface area contributed by atoms with E-state index < -0.39 is 16.1 Å². The van der Waals surface area contributed by atoms with Gasteiger partial charge in [0.2, 0.25) is 10.0 Å². The van der Waals surface area contributed by atoms with E-state index >= 15 is 0 Å². The summed E-state index contributed by atoms with van der Waals surface area (Å²) in [5.74, 6) is 0. The van der Waals surface area contributed by atoms with Gasteiger partial charge in [-0.3, -0.25) is 0 Å². The molecule has 1 unspecified atom stereocenters. The molecule has 3 heterocycles. The summed E-state index contributed by atoms with van der Waals surface area (Å²) in [6.45, 7) is 0. The van der Waals surface area contributed by atoms with Gasteiger partial charge in [-0.05, 0) is 64.2 Å². The Morgan fingerprint density at radius 3 is 2.50 bits per heavy atom. The van der Waals surface area contributed by atoms with Gasteiger partial charge in [0.05, 0.1) is 16.6 Å². The zero-order valence-corrected chi connectivity index (χ0v) is 16.0. The zero-order valence-electron chi connectivity index (χ0n) is 13.5. The van der Waals surface area contributed by atoms with Crippen LogP contribution in [0.1, 0.15) is 16.5 Å². The normalized spacial score (nSPS) is 12.9. The first-order valence-corrected chi connectivity index (χ1v) is 11.1. The largest absolute Gasteiger partial charge is 0.241 e. The Hall–Kier alpha value is -2.26. The number of benzene rings is 1. The average Bonchev–Trinajstić information content (AvgIpc) is 3.43. The van der Waals surface area contributed by atoms with Crippen LogP contribution in [0, 0.1) is 0 Å². The highest BCUT2D eigenvalue weighted by Crippen LogP contribution is 2.29. The van der Waals surface area contributed by atoms with Gasteiger partial charge >= 0.3 is 0 Å². The average molecular weight is 402 g/mol. The minimum Gasteiger partial charge on any atom is -0.241 e. The van der Waals surface area contributed by atoms with E-state index in [0.29, 0.717) is 0 Å². The Bertz CT molecular complexity index is 1020. The van der Waals surface area contributed by atoms with Crippen LogP contribution in [0.4, 0.5) is 0 Å². The first kappa shape index (κ1) is 17.2. The Kier molecular flexibility index (Phi) is 4.73. The van der Waals surface area contributed by atoms with Crippen molar-refractivity contribution < 1.29 is 8.42 Å². The summed E-state index contributed by atoms with van der Waals surface area (Å²) in [4.78, 5) is 1.19.